The van der Waals surface area contributed by atoms with Crippen molar-refractivity contribution in [1.29, 1.82) is 0 Å². The Bertz CT molecular complexity index is 1470. The van der Waals surface area contributed by atoms with Crippen molar-refractivity contribution in [2.75, 3.05) is 14.2 Å². The number of aromatic amines is 2. The number of imidazole rings is 2. The molecule has 0 aliphatic rings. The lowest BCUT2D eigenvalue weighted by molar-refractivity contribution is 0.373. The van der Waals surface area contributed by atoms with Crippen molar-refractivity contribution >= 4 is 22.1 Å². The molecular formula is C28H24N4O4. The third-order valence-corrected chi connectivity index (χ3v) is 5.69. The predicted molar refractivity (Wildman–Crippen MR) is 139 cm³/mol. The van der Waals surface area contributed by atoms with Gasteiger partial charge < -0.3 is 29.7 Å². The summed E-state index contributed by atoms with van der Waals surface area (Å²) in [4.78, 5) is 15.5. The Balaban J connectivity index is 0.000000148. The number of ether oxygens (including phenoxy) is 2. The summed E-state index contributed by atoms with van der Waals surface area (Å²) in [6.45, 7) is 0. The van der Waals surface area contributed by atoms with E-state index in [1.54, 1.807) is 36.4 Å². The van der Waals surface area contributed by atoms with Crippen LogP contribution >= 0.6 is 0 Å². The minimum Gasteiger partial charge on any atom is -0.504 e. The Morgan fingerprint density at radius 3 is 1.39 bits per heavy atom. The highest BCUT2D eigenvalue weighted by Crippen LogP contribution is 2.32. The van der Waals surface area contributed by atoms with Gasteiger partial charge in [-0.3, -0.25) is 0 Å². The van der Waals surface area contributed by atoms with Crippen LogP contribution in [-0.2, 0) is 0 Å². The van der Waals surface area contributed by atoms with Crippen molar-refractivity contribution in [3.05, 3.63) is 84.9 Å². The molecule has 0 unspecified atom stereocenters. The Hall–Kier alpha value is -4.98. The van der Waals surface area contributed by atoms with Gasteiger partial charge in [-0.05, 0) is 60.7 Å². The Labute approximate surface area is 206 Å². The van der Waals surface area contributed by atoms with Crippen LogP contribution in [0.1, 0.15) is 0 Å². The quantitative estimate of drug-likeness (QED) is 0.250. The lowest BCUT2D eigenvalue weighted by Crippen LogP contribution is -1.86. The van der Waals surface area contributed by atoms with Gasteiger partial charge in [0.1, 0.15) is 11.6 Å². The highest BCUT2D eigenvalue weighted by Gasteiger charge is 2.09. The van der Waals surface area contributed by atoms with Gasteiger partial charge in [0, 0.05) is 11.1 Å². The predicted octanol–water partition coefficient (Wildman–Crippen LogP) is 5.89. The van der Waals surface area contributed by atoms with Crippen molar-refractivity contribution < 1.29 is 19.7 Å². The number of methoxy groups -OCH3 is 2. The molecule has 0 aliphatic carbocycles. The topological polar surface area (TPSA) is 116 Å². The highest BCUT2D eigenvalue weighted by atomic mass is 16.5. The van der Waals surface area contributed by atoms with Gasteiger partial charge in [-0.15, -0.1) is 0 Å². The molecule has 0 atom stereocenters. The maximum absolute atomic E-state index is 9.57. The fourth-order valence-electron chi connectivity index (χ4n) is 3.83. The zero-order valence-corrected chi connectivity index (χ0v) is 19.7. The highest BCUT2D eigenvalue weighted by molar-refractivity contribution is 5.80. The standard InChI is InChI=1S/2C14H12N2O2/c2*1-18-13-8-9(6-7-12(13)17)14-15-10-4-2-3-5-11(10)16-14/h2*2-8,17H,1H3,(H,15,16). The van der Waals surface area contributed by atoms with E-state index in [2.05, 4.69) is 19.9 Å². The monoisotopic (exact) mass is 480 g/mol. The van der Waals surface area contributed by atoms with E-state index in [0.717, 1.165) is 44.8 Å². The van der Waals surface area contributed by atoms with Gasteiger partial charge in [0.05, 0.1) is 36.3 Å². The van der Waals surface area contributed by atoms with E-state index in [1.165, 1.54) is 14.2 Å². The van der Waals surface area contributed by atoms with Crippen LogP contribution in [-0.4, -0.2) is 44.4 Å². The average Bonchev–Trinajstić information content (AvgIpc) is 3.54. The minimum atomic E-state index is 0.123. The molecule has 0 saturated carbocycles. The first-order chi connectivity index (χ1) is 17.6. The van der Waals surface area contributed by atoms with Crippen molar-refractivity contribution in [3.8, 4) is 45.8 Å². The van der Waals surface area contributed by atoms with E-state index in [-0.39, 0.29) is 11.5 Å². The molecular weight excluding hydrogens is 456 g/mol. The first kappa shape index (κ1) is 22.8. The first-order valence-corrected chi connectivity index (χ1v) is 11.2. The summed E-state index contributed by atoms with van der Waals surface area (Å²) < 4.78 is 10.2. The number of nitrogens with zero attached hydrogens (tertiary/aromatic N) is 2. The molecule has 0 aliphatic heterocycles. The summed E-state index contributed by atoms with van der Waals surface area (Å²) in [5.74, 6) is 2.64. The van der Waals surface area contributed by atoms with Gasteiger partial charge in [0.25, 0.3) is 0 Å². The number of rotatable bonds is 4. The summed E-state index contributed by atoms with van der Waals surface area (Å²) in [6.07, 6.45) is 0. The summed E-state index contributed by atoms with van der Waals surface area (Å²) in [6, 6.07) is 26.0. The van der Waals surface area contributed by atoms with E-state index in [1.807, 2.05) is 48.5 Å². The number of fused-ring (bicyclic) bond motifs is 2. The maximum Gasteiger partial charge on any atom is 0.161 e. The molecule has 0 amide bonds. The maximum atomic E-state index is 9.57. The molecule has 36 heavy (non-hydrogen) atoms. The van der Waals surface area contributed by atoms with E-state index >= 15 is 0 Å². The Morgan fingerprint density at radius 1 is 0.583 bits per heavy atom. The number of aromatic hydroxyl groups is 2. The SMILES string of the molecule is COc1cc(-c2nc3ccccc3[nH]2)ccc1O.COc1cc(-c2nc3ccccc3[nH]2)ccc1O. The van der Waals surface area contributed by atoms with Crippen molar-refractivity contribution in [2.45, 2.75) is 0 Å². The van der Waals surface area contributed by atoms with Gasteiger partial charge in [-0.2, -0.15) is 0 Å². The number of benzene rings is 4. The van der Waals surface area contributed by atoms with Gasteiger partial charge in [0.15, 0.2) is 23.0 Å². The number of nitrogens with one attached hydrogen (secondary N) is 2. The zero-order valence-electron chi connectivity index (χ0n) is 19.7. The van der Waals surface area contributed by atoms with E-state index in [4.69, 9.17) is 9.47 Å². The lowest BCUT2D eigenvalue weighted by Gasteiger charge is -2.04. The second-order valence-electron chi connectivity index (χ2n) is 7.98. The van der Waals surface area contributed by atoms with Gasteiger partial charge in [0.2, 0.25) is 0 Å². The summed E-state index contributed by atoms with van der Waals surface area (Å²) >= 11 is 0. The molecule has 0 saturated heterocycles. The van der Waals surface area contributed by atoms with Crippen LogP contribution in [0.3, 0.4) is 0 Å². The van der Waals surface area contributed by atoms with Crippen molar-refractivity contribution in [3.63, 3.8) is 0 Å². The number of hydrogen-bond acceptors (Lipinski definition) is 6. The lowest BCUT2D eigenvalue weighted by atomic mass is 10.2. The molecule has 0 spiro atoms. The number of phenols is 2. The Morgan fingerprint density at radius 2 is 1.00 bits per heavy atom. The molecule has 0 fully saturated rings. The molecule has 4 N–H and O–H groups in total. The Kier molecular flexibility index (Phi) is 6.15. The molecule has 8 nitrogen and oxygen atoms in total. The normalized spacial score (nSPS) is 10.7. The average molecular weight is 481 g/mol. The fraction of sp³-hybridized carbons (Fsp3) is 0.0714. The molecule has 6 aromatic rings. The fourth-order valence-corrected chi connectivity index (χ4v) is 3.83. The van der Waals surface area contributed by atoms with E-state index in [0.29, 0.717) is 11.5 Å². The molecule has 6 rings (SSSR count). The third-order valence-electron chi connectivity index (χ3n) is 5.69. The van der Waals surface area contributed by atoms with Crippen LogP contribution in [0.2, 0.25) is 0 Å². The van der Waals surface area contributed by atoms with Crippen molar-refractivity contribution in [1.82, 2.24) is 19.9 Å². The number of H-pyrrole nitrogens is 2. The first-order valence-electron chi connectivity index (χ1n) is 11.2. The third kappa shape index (κ3) is 4.52. The van der Waals surface area contributed by atoms with Crippen LogP contribution < -0.4 is 9.47 Å². The molecule has 0 radical (unpaired) electrons. The number of aromatic nitrogens is 4. The van der Waals surface area contributed by atoms with Crippen LogP contribution in [0.5, 0.6) is 23.0 Å². The molecule has 4 aromatic carbocycles. The zero-order chi connectivity index (χ0) is 25.1. The summed E-state index contributed by atoms with van der Waals surface area (Å²) in [5, 5.41) is 19.1. The van der Waals surface area contributed by atoms with E-state index < -0.39 is 0 Å². The molecule has 2 heterocycles. The van der Waals surface area contributed by atoms with Crippen molar-refractivity contribution in [2.24, 2.45) is 0 Å². The van der Waals surface area contributed by atoms with E-state index in [9.17, 15) is 10.2 Å². The second kappa shape index (κ2) is 9.71. The van der Waals surface area contributed by atoms with Crippen LogP contribution in [0.15, 0.2) is 84.9 Å². The minimum absolute atomic E-state index is 0.123. The second-order valence-corrected chi connectivity index (χ2v) is 7.98. The number of phenolic OH excluding ortho intramolecular Hbond substituents is 2. The van der Waals surface area contributed by atoms with Crippen LogP contribution in [0.25, 0.3) is 44.8 Å². The smallest absolute Gasteiger partial charge is 0.161 e. The van der Waals surface area contributed by atoms with Crippen LogP contribution in [0, 0.1) is 0 Å². The summed E-state index contributed by atoms with van der Waals surface area (Å²) in [5.41, 5.74) is 5.56. The largest absolute Gasteiger partial charge is 0.504 e. The molecule has 2 aromatic heterocycles. The summed E-state index contributed by atoms with van der Waals surface area (Å²) in [7, 11) is 3.05. The molecule has 8 heteroatoms. The van der Waals surface area contributed by atoms with Gasteiger partial charge in [-0.25, -0.2) is 9.97 Å². The molecule has 0 bridgehead atoms. The number of hydrogen-bond donors (Lipinski definition) is 4. The van der Waals surface area contributed by atoms with Gasteiger partial charge in [-0.1, -0.05) is 24.3 Å². The number of para-hydroxylation sites is 4. The van der Waals surface area contributed by atoms with Gasteiger partial charge >= 0.3 is 0 Å². The molecule has 180 valence electrons. The van der Waals surface area contributed by atoms with Crippen LogP contribution in [0.4, 0.5) is 0 Å².